The van der Waals surface area contributed by atoms with Gasteiger partial charge in [0.15, 0.2) is 0 Å². The van der Waals surface area contributed by atoms with Crippen LogP contribution in [0.2, 0.25) is 0 Å². The van der Waals surface area contributed by atoms with Gasteiger partial charge in [0.25, 0.3) is 0 Å². The van der Waals surface area contributed by atoms with Gasteiger partial charge in [0.2, 0.25) is 5.89 Å². The van der Waals surface area contributed by atoms with E-state index in [9.17, 15) is 0 Å². The average molecular weight is 340 g/mol. The van der Waals surface area contributed by atoms with Crippen LogP contribution in [0.5, 0.6) is 0 Å². The van der Waals surface area contributed by atoms with E-state index in [1.807, 2.05) is 32.0 Å². The lowest BCUT2D eigenvalue weighted by molar-refractivity contribution is 0.453. The van der Waals surface area contributed by atoms with E-state index in [1.54, 1.807) is 6.20 Å². The molecule has 0 bridgehead atoms. The minimum Gasteiger partial charge on any atom is -0.444 e. The maximum absolute atomic E-state index is 5.76. The Morgan fingerprint density at radius 2 is 2.26 bits per heavy atom. The Kier molecular flexibility index (Phi) is 4.21. The molecule has 3 N–H and O–H groups in total. The van der Waals surface area contributed by atoms with Gasteiger partial charge in [-0.3, -0.25) is 0 Å². The van der Waals surface area contributed by atoms with Gasteiger partial charge < -0.3 is 15.5 Å². The second kappa shape index (κ2) is 5.71. The molecule has 0 spiro atoms. The highest BCUT2D eigenvalue weighted by Crippen LogP contribution is 2.27. The van der Waals surface area contributed by atoms with Crippen molar-refractivity contribution in [3.63, 3.8) is 0 Å². The lowest BCUT2D eigenvalue weighted by Gasteiger charge is -2.16. The molecule has 1 aromatic carbocycles. The third kappa shape index (κ3) is 3.13. The number of oxazole rings is 1. The van der Waals surface area contributed by atoms with Gasteiger partial charge in [0, 0.05) is 15.7 Å². The Bertz CT molecular complexity index is 612. The molecular weight excluding hydrogens is 326 g/mol. The Hall–Kier alpha value is -1.40. The van der Waals surface area contributed by atoms with Crippen LogP contribution < -0.4 is 11.1 Å². The first-order valence-corrected chi connectivity index (χ1v) is 6.96. The van der Waals surface area contributed by atoms with Crippen LogP contribution in [0.1, 0.15) is 30.2 Å². The van der Waals surface area contributed by atoms with Gasteiger partial charge >= 0.3 is 0 Å². The van der Waals surface area contributed by atoms with Crippen molar-refractivity contribution in [1.82, 2.24) is 4.98 Å². The second-order valence-corrected chi connectivity index (χ2v) is 5.50. The van der Waals surface area contributed by atoms with Crippen LogP contribution in [0.15, 0.2) is 33.3 Å². The number of nitrogens with one attached hydrogen (secondary N) is 1. The zero-order chi connectivity index (χ0) is 14.0. The number of aromatic nitrogens is 1. The van der Waals surface area contributed by atoms with Crippen LogP contribution in [-0.2, 0) is 0 Å². The summed E-state index contributed by atoms with van der Waals surface area (Å²) in [5.41, 5.74) is 7.39. The first-order chi connectivity index (χ1) is 8.99. The fraction of sp³-hybridized carbons (Fsp3) is 0.231. The van der Waals surface area contributed by atoms with Gasteiger partial charge in [-0.25, -0.2) is 4.98 Å². The molecule has 0 radical (unpaired) electrons. The van der Waals surface area contributed by atoms with Gasteiger partial charge in [-0.1, -0.05) is 18.3 Å². The molecule has 1 unspecified atom stereocenters. The molecule has 0 aliphatic carbocycles. The Morgan fingerprint density at radius 3 is 2.84 bits per heavy atom. The zero-order valence-corrected chi connectivity index (χ0v) is 13.0. The quantitative estimate of drug-likeness (QED) is 0.834. The molecule has 0 saturated heterocycles. The van der Waals surface area contributed by atoms with Gasteiger partial charge in [-0.2, -0.15) is 0 Å². The number of rotatable bonds is 4. The van der Waals surface area contributed by atoms with Crippen LogP contribution in [0, 0.1) is 6.92 Å². The zero-order valence-electron chi connectivity index (χ0n) is 10.6. The Balaban J connectivity index is 2.28. The number of anilines is 1. The van der Waals surface area contributed by atoms with E-state index in [-0.39, 0.29) is 6.04 Å². The van der Waals surface area contributed by atoms with Crippen molar-refractivity contribution in [3.05, 3.63) is 46.1 Å². The van der Waals surface area contributed by atoms with Crippen molar-refractivity contribution in [2.75, 3.05) is 5.32 Å². The first kappa shape index (κ1) is 14.0. The fourth-order valence-electron chi connectivity index (χ4n) is 1.76. The number of nitrogens with two attached hydrogens (primary N) is 1. The minimum absolute atomic E-state index is 0.0731. The summed E-state index contributed by atoms with van der Waals surface area (Å²) >= 11 is 8.53. The summed E-state index contributed by atoms with van der Waals surface area (Å²) in [5.74, 6) is 1.42. The number of benzene rings is 1. The minimum atomic E-state index is -0.0731. The molecule has 0 aliphatic heterocycles. The monoisotopic (exact) mass is 339 g/mol. The fourth-order valence-corrected chi connectivity index (χ4v) is 2.69. The molecule has 0 fully saturated rings. The third-order valence-electron chi connectivity index (χ3n) is 2.64. The molecule has 0 amide bonds. The summed E-state index contributed by atoms with van der Waals surface area (Å²) in [7, 11) is 0. The van der Waals surface area contributed by atoms with Crippen molar-refractivity contribution < 1.29 is 4.42 Å². The maximum Gasteiger partial charge on any atom is 0.216 e. The second-order valence-electron chi connectivity index (χ2n) is 4.20. The molecule has 1 atom stereocenters. The topological polar surface area (TPSA) is 64.1 Å². The summed E-state index contributed by atoms with van der Waals surface area (Å²) in [5, 5.41) is 3.31. The van der Waals surface area contributed by atoms with Crippen molar-refractivity contribution >= 4 is 38.8 Å². The molecule has 2 aromatic rings. The molecule has 0 aliphatic rings. The van der Waals surface area contributed by atoms with E-state index in [0.29, 0.717) is 10.9 Å². The lowest BCUT2D eigenvalue weighted by atomic mass is 10.1. The highest BCUT2D eigenvalue weighted by Gasteiger charge is 2.15. The number of nitrogens with zero attached hydrogens (tertiary/aromatic N) is 1. The van der Waals surface area contributed by atoms with E-state index in [4.69, 9.17) is 22.4 Å². The van der Waals surface area contributed by atoms with Crippen LogP contribution in [0.25, 0.3) is 0 Å². The molecule has 100 valence electrons. The average Bonchev–Trinajstić information content (AvgIpc) is 2.75. The number of aryl methyl sites for hydroxylation is 1. The molecular formula is C13H14BrN3OS. The van der Waals surface area contributed by atoms with Crippen LogP contribution >= 0.6 is 28.1 Å². The standard InChI is InChI=1S/C13H14BrN3OS/c1-7-6-16-13(18-7)8(2)17-10-5-3-4-9(14)11(10)12(15)19/h3-6,8,17H,1-2H3,(H2,15,19). The number of thiocarbonyl (C=S) groups is 1. The van der Waals surface area contributed by atoms with Gasteiger partial charge in [0.05, 0.1) is 6.20 Å². The van der Waals surface area contributed by atoms with Crippen molar-refractivity contribution in [2.45, 2.75) is 19.9 Å². The molecule has 4 nitrogen and oxygen atoms in total. The molecule has 19 heavy (non-hydrogen) atoms. The number of hydrogen-bond acceptors (Lipinski definition) is 4. The summed E-state index contributed by atoms with van der Waals surface area (Å²) in [6, 6.07) is 5.67. The maximum atomic E-state index is 5.76. The van der Waals surface area contributed by atoms with E-state index >= 15 is 0 Å². The highest BCUT2D eigenvalue weighted by molar-refractivity contribution is 9.10. The van der Waals surface area contributed by atoms with E-state index in [0.717, 1.165) is 21.5 Å². The van der Waals surface area contributed by atoms with Crippen LogP contribution in [-0.4, -0.2) is 9.97 Å². The smallest absolute Gasteiger partial charge is 0.216 e. The number of halogens is 1. The molecule has 6 heteroatoms. The van der Waals surface area contributed by atoms with E-state index in [1.165, 1.54) is 0 Å². The van der Waals surface area contributed by atoms with Crippen LogP contribution in [0.4, 0.5) is 5.69 Å². The van der Waals surface area contributed by atoms with E-state index < -0.39 is 0 Å². The summed E-state index contributed by atoms with van der Waals surface area (Å²) in [6.45, 7) is 3.83. The molecule has 1 heterocycles. The Morgan fingerprint density at radius 1 is 1.53 bits per heavy atom. The Labute approximate surface area is 125 Å². The normalized spacial score (nSPS) is 12.2. The van der Waals surface area contributed by atoms with Crippen molar-refractivity contribution in [2.24, 2.45) is 5.73 Å². The third-order valence-corrected chi connectivity index (χ3v) is 3.51. The van der Waals surface area contributed by atoms with E-state index in [2.05, 4.69) is 26.2 Å². The number of hydrogen-bond donors (Lipinski definition) is 2. The molecule has 0 saturated carbocycles. The predicted octanol–water partition coefficient (Wildman–Crippen LogP) is 3.55. The molecule has 1 aromatic heterocycles. The van der Waals surface area contributed by atoms with Gasteiger partial charge in [-0.05, 0) is 41.9 Å². The largest absolute Gasteiger partial charge is 0.444 e. The summed E-state index contributed by atoms with van der Waals surface area (Å²) in [6.07, 6.45) is 1.70. The predicted molar refractivity (Wildman–Crippen MR) is 83.3 cm³/mol. The summed E-state index contributed by atoms with van der Waals surface area (Å²) in [4.78, 5) is 4.54. The molecule has 2 rings (SSSR count). The lowest BCUT2D eigenvalue weighted by Crippen LogP contribution is -2.16. The highest BCUT2D eigenvalue weighted by atomic mass is 79.9. The first-order valence-electron chi connectivity index (χ1n) is 5.76. The SMILES string of the molecule is Cc1cnc(C(C)Nc2cccc(Br)c2C(N)=S)o1. The van der Waals surface area contributed by atoms with Crippen molar-refractivity contribution in [1.29, 1.82) is 0 Å². The van der Waals surface area contributed by atoms with Crippen molar-refractivity contribution in [3.8, 4) is 0 Å². The summed E-state index contributed by atoms with van der Waals surface area (Å²) < 4.78 is 6.36. The van der Waals surface area contributed by atoms with Crippen LogP contribution in [0.3, 0.4) is 0 Å². The van der Waals surface area contributed by atoms with Gasteiger partial charge in [-0.15, -0.1) is 0 Å². The van der Waals surface area contributed by atoms with Gasteiger partial charge in [0.1, 0.15) is 16.8 Å².